The van der Waals surface area contributed by atoms with Crippen LogP contribution in [-0.4, -0.2) is 17.0 Å². The number of carbonyl (C=O) groups excluding carboxylic acids is 1. The summed E-state index contributed by atoms with van der Waals surface area (Å²) in [5, 5.41) is 11.8. The molecule has 0 radical (unpaired) electrons. The van der Waals surface area contributed by atoms with Crippen molar-refractivity contribution in [2.24, 2.45) is 0 Å². The molecule has 0 aromatic heterocycles. The quantitative estimate of drug-likeness (QED) is 0.879. The third-order valence-corrected chi connectivity index (χ3v) is 3.58. The van der Waals surface area contributed by atoms with Gasteiger partial charge in [-0.05, 0) is 42.3 Å². The normalized spacial score (nSPS) is 10.2. The van der Waals surface area contributed by atoms with E-state index in [0.29, 0.717) is 10.0 Å². The van der Waals surface area contributed by atoms with Crippen LogP contribution in [0.3, 0.4) is 0 Å². The lowest BCUT2D eigenvalue weighted by Crippen LogP contribution is -2.14. The first-order valence-corrected chi connectivity index (χ1v) is 7.23. The number of aromatic carboxylic acids is 1. The highest BCUT2D eigenvalue weighted by molar-refractivity contribution is 9.10. The van der Waals surface area contributed by atoms with Crippen LogP contribution in [0.15, 0.2) is 46.9 Å². The van der Waals surface area contributed by atoms with Crippen molar-refractivity contribution in [1.82, 2.24) is 0 Å². The number of rotatable bonds is 4. The van der Waals surface area contributed by atoms with Gasteiger partial charge in [-0.15, -0.1) is 0 Å². The molecule has 4 nitrogen and oxygen atoms in total. The second kappa shape index (κ2) is 6.54. The van der Waals surface area contributed by atoms with Crippen molar-refractivity contribution in [1.29, 1.82) is 0 Å². The number of hydrogen-bond donors (Lipinski definition) is 2. The van der Waals surface area contributed by atoms with Crippen LogP contribution in [0.4, 0.5) is 5.69 Å². The molecule has 0 atom stereocenters. The highest BCUT2D eigenvalue weighted by Gasteiger charge is 2.14. The Bertz CT molecular complexity index is 680. The highest BCUT2D eigenvalue weighted by Crippen LogP contribution is 2.22. The fraction of sp³-hybridized carbons (Fsp3) is 0.125. The van der Waals surface area contributed by atoms with Crippen molar-refractivity contribution in [2.75, 3.05) is 5.32 Å². The molecule has 0 saturated heterocycles. The summed E-state index contributed by atoms with van der Waals surface area (Å²) < 4.78 is 0.698. The van der Waals surface area contributed by atoms with Gasteiger partial charge in [0.15, 0.2) is 0 Å². The highest BCUT2D eigenvalue weighted by atomic mass is 79.9. The van der Waals surface area contributed by atoms with Gasteiger partial charge in [0, 0.05) is 10.0 Å². The third kappa shape index (κ3) is 3.70. The number of carbonyl (C=O) groups is 2. The first kappa shape index (κ1) is 15.3. The second-order valence-corrected chi connectivity index (χ2v) is 5.42. The second-order valence-electron chi connectivity index (χ2n) is 4.50. The van der Waals surface area contributed by atoms with Crippen molar-refractivity contribution >= 4 is 33.5 Å². The number of benzene rings is 2. The molecule has 0 aliphatic rings. The molecule has 1 amide bonds. The Labute approximate surface area is 130 Å². The van der Waals surface area contributed by atoms with Crippen molar-refractivity contribution in [2.45, 2.75) is 13.3 Å². The molecule has 0 saturated carbocycles. The standard InChI is InChI=1S/C16H14BrNO3/c1-2-10-3-5-11(6-4-10)15(19)18-14-9-12(17)7-8-13(14)16(20)21/h3-9H,2H2,1H3,(H,18,19)(H,20,21). The van der Waals surface area contributed by atoms with Crippen LogP contribution >= 0.6 is 15.9 Å². The number of hydrogen-bond acceptors (Lipinski definition) is 2. The molecule has 5 heteroatoms. The minimum absolute atomic E-state index is 0.0525. The molecule has 0 unspecified atom stereocenters. The van der Waals surface area contributed by atoms with E-state index in [-0.39, 0.29) is 17.2 Å². The van der Waals surface area contributed by atoms with E-state index >= 15 is 0 Å². The molecule has 0 heterocycles. The van der Waals surface area contributed by atoms with Gasteiger partial charge in [0.25, 0.3) is 5.91 Å². The van der Waals surface area contributed by atoms with E-state index in [1.54, 1.807) is 24.3 Å². The van der Waals surface area contributed by atoms with Gasteiger partial charge in [-0.25, -0.2) is 4.79 Å². The first-order chi connectivity index (χ1) is 10.0. The topological polar surface area (TPSA) is 66.4 Å². The van der Waals surface area contributed by atoms with Gasteiger partial charge < -0.3 is 10.4 Å². The molecule has 21 heavy (non-hydrogen) atoms. The largest absolute Gasteiger partial charge is 0.478 e. The maximum atomic E-state index is 12.2. The molecule has 0 bridgehead atoms. The average Bonchev–Trinajstić information content (AvgIpc) is 2.47. The zero-order chi connectivity index (χ0) is 15.4. The zero-order valence-corrected chi connectivity index (χ0v) is 13.0. The molecule has 0 aliphatic heterocycles. The van der Waals surface area contributed by atoms with Crippen LogP contribution in [0, 0.1) is 0 Å². The smallest absolute Gasteiger partial charge is 0.337 e. The maximum Gasteiger partial charge on any atom is 0.337 e. The summed E-state index contributed by atoms with van der Waals surface area (Å²) >= 11 is 3.27. The van der Waals surface area contributed by atoms with Crippen LogP contribution in [0.5, 0.6) is 0 Å². The van der Waals surface area contributed by atoms with E-state index in [1.165, 1.54) is 6.07 Å². The minimum Gasteiger partial charge on any atom is -0.478 e. The number of halogens is 1. The molecule has 108 valence electrons. The van der Waals surface area contributed by atoms with E-state index in [4.69, 9.17) is 5.11 Å². The number of carboxylic acids is 1. The molecule has 0 aliphatic carbocycles. The minimum atomic E-state index is -1.08. The zero-order valence-electron chi connectivity index (χ0n) is 11.4. The van der Waals surface area contributed by atoms with Crippen LogP contribution in [-0.2, 0) is 6.42 Å². The lowest BCUT2D eigenvalue weighted by Gasteiger charge is -2.09. The summed E-state index contributed by atoms with van der Waals surface area (Å²) in [7, 11) is 0. The summed E-state index contributed by atoms with van der Waals surface area (Å²) in [6.07, 6.45) is 0.899. The van der Waals surface area contributed by atoms with Crippen LogP contribution in [0.1, 0.15) is 33.2 Å². The predicted molar refractivity (Wildman–Crippen MR) is 84.9 cm³/mol. The van der Waals surface area contributed by atoms with Gasteiger partial charge in [-0.1, -0.05) is 35.0 Å². The fourth-order valence-electron chi connectivity index (χ4n) is 1.89. The van der Waals surface area contributed by atoms with Gasteiger partial charge in [-0.3, -0.25) is 4.79 Å². The van der Waals surface area contributed by atoms with Crippen molar-refractivity contribution < 1.29 is 14.7 Å². The van der Waals surface area contributed by atoms with Gasteiger partial charge in [0.1, 0.15) is 0 Å². The summed E-state index contributed by atoms with van der Waals surface area (Å²) in [6.45, 7) is 2.04. The van der Waals surface area contributed by atoms with Crippen LogP contribution in [0.2, 0.25) is 0 Å². The Hall–Kier alpha value is -2.14. The SMILES string of the molecule is CCc1ccc(C(=O)Nc2cc(Br)ccc2C(=O)O)cc1. The molecule has 2 aromatic rings. The van der Waals surface area contributed by atoms with E-state index in [1.807, 2.05) is 19.1 Å². The number of carboxylic acid groups (broad SMARTS) is 1. The molecular weight excluding hydrogens is 334 g/mol. The van der Waals surface area contributed by atoms with E-state index in [9.17, 15) is 9.59 Å². The molecule has 2 aromatic carbocycles. The van der Waals surface area contributed by atoms with Crippen LogP contribution in [0.25, 0.3) is 0 Å². The first-order valence-electron chi connectivity index (χ1n) is 6.44. The third-order valence-electron chi connectivity index (χ3n) is 3.08. The Balaban J connectivity index is 2.26. The molecule has 2 rings (SSSR count). The number of amides is 1. The fourth-order valence-corrected chi connectivity index (χ4v) is 2.25. The van der Waals surface area contributed by atoms with E-state index in [0.717, 1.165) is 12.0 Å². The molecule has 2 N–H and O–H groups in total. The van der Waals surface area contributed by atoms with E-state index < -0.39 is 5.97 Å². The van der Waals surface area contributed by atoms with Crippen molar-refractivity contribution in [3.8, 4) is 0 Å². The summed E-state index contributed by atoms with van der Waals surface area (Å²) in [4.78, 5) is 23.3. The number of nitrogens with one attached hydrogen (secondary N) is 1. The van der Waals surface area contributed by atoms with Crippen molar-refractivity contribution in [3.05, 3.63) is 63.6 Å². The van der Waals surface area contributed by atoms with Crippen LogP contribution < -0.4 is 5.32 Å². The molecule has 0 spiro atoms. The van der Waals surface area contributed by atoms with Crippen molar-refractivity contribution in [3.63, 3.8) is 0 Å². The van der Waals surface area contributed by atoms with E-state index in [2.05, 4.69) is 21.2 Å². The van der Waals surface area contributed by atoms with Gasteiger partial charge >= 0.3 is 5.97 Å². The van der Waals surface area contributed by atoms with Gasteiger partial charge in [-0.2, -0.15) is 0 Å². The average molecular weight is 348 g/mol. The summed E-state index contributed by atoms with van der Waals surface area (Å²) in [6, 6.07) is 11.9. The number of anilines is 1. The number of aryl methyl sites for hydroxylation is 1. The molecular formula is C16H14BrNO3. The van der Waals surface area contributed by atoms with Gasteiger partial charge in [0.05, 0.1) is 11.3 Å². The summed E-state index contributed by atoms with van der Waals surface area (Å²) in [5.74, 6) is -1.42. The lowest BCUT2D eigenvalue weighted by molar-refractivity contribution is 0.0698. The Morgan fingerprint density at radius 2 is 1.81 bits per heavy atom. The molecule has 0 fully saturated rings. The predicted octanol–water partition coefficient (Wildman–Crippen LogP) is 3.96. The Morgan fingerprint density at radius 3 is 2.38 bits per heavy atom. The lowest BCUT2D eigenvalue weighted by atomic mass is 10.1. The Kier molecular flexibility index (Phi) is 4.75. The van der Waals surface area contributed by atoms with Gasteiger partial charge in [0.2, 0.25) is 0 Å². The summed E-state index contributed by atoms with van der Waals surface area (Å²) in [5.41, 5.74) is 1.95. The Morgan fingerprint density at radius 1 is 1.14 bits per heavy atom. The maximum absolute atomic E-state index is 12.2. The monoisotopic (exact) mass is 347 g/mol.